The second-order valence-corrected chi connectivity index (χ2v) is 4.46. The number of thioether (sulfide) groups is 1. The number of hydrogen-bond donors (Lipinski definition) is 0. The zero-order chi connectivity index (χ0) is 10.8. The van der Waals surface area contributed by atoms with Gasteiger partial charge in [0, 0.05) is 10.2 Å². The van der Waals surface area contributed by atoms with Crippen molar-refractivity contribution in [1.29, 1.82) is 0 Å². The van der Waals surface area contributed by atoms with Crippen LogP contribution in [0.5, 0.6) is 0 Å². The topological polar surface area (TPSA) is 0 Å². The van der Waals surface area contributed by atoms with Crippen LogP contribution in [0.3, 0.4) is 0 Å². The summed E-state index contributed by atoms with van der Waals surface area (Å²) in [4.78, 5) is 0. The van der Waals surface area contributed by atoms with Crippen molar-refractivity contribution >= 4 is 27.7 Å². The van der Waals surface area contributed by atoms with E-state index in [-0.39, 0.29) is 0 Å². The average Bonchev–Trinajstić information content (AvgIpc) is 2.07. The minimum Gasteiger partial charge on any atom is -0.166 e. The minimum atomic E-state index is -4.26. The summed E-state index contributed by atoms with van der Waals surface area (Å²) in [5.74, 6) is 0.707. The molecule has 1 aromatic carbocycles. The summed E-state index contributed by atoms with van der Waals surface area (Å²) in [6.07, 6.45) is -2.36. The maximum Gasteiger partial charge on any atom is 0.416 e. The summed E-state index contributed by atoms with van der Waals surface area (Å²) >= 11 is 4.70. The molecule has 0 N–H and O–H groups in total. The van der Waals surface area contributed by atoms with E-state index in [1.165, 1.54) is 6.07 Å². The molecule has 0 atom stereocenters. The van der Waals surface area contributed by atoms with Crippen molar-refractivity contribution in [2.45, 2.75) is 11.9 Å². The van der Waals surface area contributed by atoms with E-state index < -0.39 is 11.7 Å². The normalized spacial score (nSPS) is 11.8. The molecule has 0 spiro atoms. The standard InChI is InChI=1S/C9H8BrF3S/c1-14-5-6-2-3-7(4-8(6)10)9(11,12)13/h2-4H,5H2,1H3. The molecular formula is C9H8BrF3S. The molecule has 0 bridgehead atoms. The number of hydrogen-bond acceptors (Lipinski definition) is 1. The fourth-order valence-electron chi connectivity index (χ4n) is 0.996. The first-order chi connectivity index (χ1) is 6.45. The van der Waals surface area contributed by atoms with Gasteiger partial charge in [-0.05, 0) is 24.0 Å². The van der Waals surface area contributed by atoms with Crippen LogP contribution in [0.25, 0.3) is 0 Å². The van der Waals surface area contributed by atoms with Crippen molar-refractivity contribution in [2.75, 3.05) is 6.26 Å². The molecule has 1 aromatic rings. The molecule has 0 unspecified atom stereocenters. The molecule has 0 heterocycles. The monoisotopic (exact) mass is 284 g/mol. The zero-order valence-electron chi connectivity index (χ0n) is 7.36. The van der Waals surface area contributed by atoms with Crippen LogP contribution in [-0.4, -0.2) is 6.26 Å². The second kappa shape index (κ2) is 4.57. The largest absolute Gasteiger partial charge is 0.416 e. The molecule has 0 fully saturated rings. The van der Waals surface area contributed by atoms with Gasteiger partial charge in [0.05, 0.1) is 5.56 Å². The van der Waals surface area contributed by atoms with Crippen LogP contribution in [0.15, 0.2) is 22.7 Å². The minimum absolute atomic E-state index is 0.515. The van der Waals surface area contributed by atoms with E-state index in [9.17, 15) is 13.2 Å². The Morgan fingerprint density at radius 2 is 2.00 bits per heavy atom. The third-order valence-corrected chi connectivity index (χ3v) is 3.02. The van der Waals surface area contributed by atoms with Crippen molar-refractivity contribution in [3.8, 4) is 0 Å². The average molecular weight is 285 g/mol. The highest BCUT2D eigenvalue weighted by Gasteiger charge is 2.30. The van der Waals surface area contributed by atoms with Gasteiger partial charge >= 0.3 is 6.18 Å². The van der Waals surface area contributed by atoms with Crippen LogP contribution in [-0.2, 0) is 11.9 Å². The molecule has 0 aliphatic carbocycles. The second-order valence-electron chi connectivity index (χ2n) is 2.74. The summed E-state index contributed by atoms with van der Waals surface area (Å²) in [6, 6.07) is 3.73. The van der Waals surface area contributed by atoms with Crippen LogP contribution >= 0.6 is 27.7 Å². The van der Waals surface area contributed by atoms with Gasteiger partial charge < -0.3 is 0 Å². The molecule has 5 heteroatoms. The van der Waals surface area contributed by atoms with Gasteiger partial charge in [0.25, 0.3) is 0 Å². The van der Waals surface area contributed by atoms with Gasteiger partial charge in [-0.25, -0.2) is 0 Å². The quantitative estimate of drug-likeness (QED) is 0.779. The van der Waals surface area contributed by atoms with E-state index in [1.807, 2.05) is 6.26 Å². The summed E-state index contributed by atoms with van der Waals surface area (Å²) < 4.78 is 37.3. The maximum absolute atomic E-state index is 12.3. The molecular weight excluding hydrogens is 277 g/mol. The highest BCUT2D eigenvalue weighted by atomic mass is 79.9. The van der Waals surface area contributed by atoms with Gasteiger partial charge in [0.15, 0.2) is 0 Å². The molecule has 0 nitrogen and oxygen atoms in total. The van der Waals surface area contributed by atoms with Gasteiger partial charge in [-0.3, -0.25) is 0 Å². The van der Waals surface area contributed by atoms with Crippen molar-refractivity contribution in [2.24, 2.45) is 0 Å². The Hall–Kier alpha value is -0.160. The molecule has 78 valence electrons. The first-order valence-corrected chi connectivity index (χ1v) is 5.98. The van der Waals surface area contributed by atoms with E-state index in [0.717, 1.165) is 17.7 Å². The third-order valence-electron chi connectivity index (χ3n) is 1.68. The Morgan fingerprint density at radius 1 is 1.36 bits per heavy atom. The van der Waals surface area contributed by atoms with Crippen molar-refractivity contribution < 1.29 is 13.2 Å². The Bertz CT molecular complexity index is 322. The van der Waals surface area contributed by atoms with Gasteiger partial charge in [-0.1, -0.05) is 22.0 Å². The molecule has 0 aromatic heterocycles. The Kier molecular flexibility index (Phi) is 3.89. The first kappa shape index (κ1) is 11.9. The van der Waals surface area contributed by atoms with Crippen LogP contribution in [0.1, 0.15) is 11.1 Å². The number of rotatable bonds is 2. The lowest BCUT2D eigenvalue weighted by molar-refractivity contribution is -0.137. The summed E-state index contributed by atoms with van der Waals surface area (Å²) in [7, 11) is 0. The summed E-state index contributed by atoms with van der Waals surface area (Å²) in [5, 5.41) is 0. The number of alkyl halides is 3. The van der Waals surface area contributed by atoms with Gasteiger partial charge in [0.2, 0.25) is 0 Å². The zero-order valence-corrected chi connectivity index (χ0v) is 9.76. The van der Waals surface area contributed by atoms with E-state index in [4.69, 9.17) is 0 Å². The fraction of sp³-hybridized carbons (Fsp3) is 0.333. The molecule has 0 amide bonds. The van der Waals surface area contributed by atoms with Crippen LogP contribution in [0.2, 0.25) is 0 Å². The molecule has 14 heavy (non-hydrogen) atoms. The van der Waals surface area contributed by atoms with Gasteiger partial charge in [0.1, 0.15) is 0 Å². The lowest BCUT2D eigenvalue weighted by Gasteiger charge is -2.09. The lowest BCUT2D eigenvalue weighted by atomic mass is 10.1. The van der Waals surface area contributed by atoms with E-state index in [0.29, 0.717) is 10.2 Å². The predicted octanol–water partition coefficient (Wildman–Crippen LogP) is 4.33. The summed E-state index contributed by atoms with van der Waals surface area (Å²) in [6.45, 7) is 0. The first-order valence-electron chi connectivity index (χ1n) is 3.79. The Labute approximate surface area is 93.0 Å². The number of halogens is 4. The predicted molar refractivity (Wildman–Crippen MR) is 56.4 cm³/mol. The van der Waals surface area contributed by atoms with Crippen LogP contribution in [0.4, 0.5) is 13.2 Å². The Morgan fingerprint density at radius 3 is 2.43 bits per heavy atom. The smallest absolute Gasteiger partial charge is 0.166 e. The highest BCUT2D eigenvalue weighted by Crippen LogP contribution is 2.32. The molecule has 0 aliphatic heterocycles. The van der Waals surface area contributed by atoms with Crippen LogP contribution in [0, 0.1) is 0 Å². The fourth-order valence-corrected chi connectivity index (χ4v) is 2.26. The van der Waals surface area contributed by atoms with Gasteiger partial charge in [-0.2, -0.15) is 24.9 Å². The van der Waals surface area contributed by atoms with Crippen LogP contribution < -0.4 is 0 Å². The molecule has 1 rings (SSSR count). The highest BCUT2D eigenvalue weighted by molar-refractivity contribution is 9.10. The lowest BCUT2D eigenvalue weighted by Crippen LogP contribution is -2.04. The molecule has 0 radical (unpaired) electrons. The molecule has 0 saturated carbocycles. The van der Waals surface area contributed by atoms with Crippen molar-refractivity contribution in [3.05, 3.63) is 33.8 Å². The third kappa shape index (κ3) is 2.92. The molecule has 0 aliphatic rings. The van der Waals surface area contributed by atoms with Crippen molar-refractivity contribution in [1.82, 2.24) is 0 Å². The Balaban J connectivity index is 3.01. The van der Waals surface area contributed by atoms with E-state index in [2.05, 4.69) is 15.9 Å². The summed E-state index contributed by atoms with van der Waals surface area (Å²) in [5.41, 5.74) is 0.264. The van der Waals surface area contributed by atoms with E-state index in [1.54, 1.807) is 11.8 Å². The van der Waals surface area contributed by atoms with Gasteiger partial charge in [-0.15, -0.1) is 0 Å². The van der Waals surface area contributed by atoms with E-state index >= 15 is 0 Å². The SMILES string of the molecule is CSCc1ccc(C(F)(F)F)cc1Br. The molecule has 0 saturated heterocycles. The number of benzene rings is 1. The maximum atomic E-state index is 12.3. The van der Waals surface area contributed by atoms with Crippen molar-refractivity contribution in [3.63, 3.8) is 0 Å².